The van der Waals surface area contributed by atoms with E-state index in [-0.39, 0.29) is 18.6 Å². The fourth-order valence-electron chi connectivity index (χ4n) is 3.46. The van der Waals surface area contributed by atoms with Crippen molar-refractivity contribution in [2.75, 3.05) is 6.61 Å². The van der Waals surface area contributed by atoms with Crippen LogP contribution < -0.4 is 10.1 Å². The molecule has 4 aromatic rings. The second-order valence-corrected chi connectivity index (χ2v) is 7.44. The number of para-hydroxylation sites is 2. The van der Waals surface area contributed by atoms with E-state index in [2.05, 4.69) is 22.4 Å². The molecule has 4 rings (SSSR count). The smallest absolute Gasteiger partial charge is 0.258 e. The number of nitrogens with one attached hydrogen (secondary N) is 2. The number of hydrogen-bond donors (Lipinski definition) is 2. The second-order valence-electron chi connectivity index (χ2n) is 7.44. The lowest BCUT2D eigenvalue weighted by Gasteiger charge is -2.18. The molecule has 30 heavy (non-hydrogen) atoms. The average Bonchev–Trinajstić information content (AvgIpc) is 3.19. The van der Waals surface area contributed by atoms with Crippen molar-refractivity contribution in [3.8, 4) is 5.75 Å². The van der Waals surface area contributed by atoms with E-state index in [0.717, 1.165) is 39.3 Å². The predicted molar refractivity (Wildman–Crippen MR) is 119 cm³/mol. The Morgan fingerprint density at radius 3 is 2.57 bits per heavy atom. The summed E-state index contributed by atoms with van der Waals surface area (Å²) < 4.78 is 5.78. The van der Waals surface area contributed by atoms with E-state index >= 15 is 0 Å². The second kappa shape index (κ2) is 8.82. The van der Waals surface area contributed by atoms with E-state index in [9.17, 15) is 4.79 Å². The summed E-state index contributed by atoms with van der Waals surface area (Å²) in [5, 5.41) is 3.09. The Bertz CT molecular complexity index is 1120. The molecular weight excluding hydrogens is 374 g/mol. The summed E-state index contributed by atoms with van der Waals surface area (Å²) in [6.45, 7) is 3.98. The molecule has 0 fully saturated rings. The highest BCUT2D eigenvalue weighted by atomic mass is 16.5. The van der Waals surface area contributed by atoms with Crippen molar-refractivity contribution < 1.29 is 9.53 Å². The number of rotatable bonds is 7. The molecule has 0 aliphatic carbocycles. The molecule has 1 heterocycles. The van der Waals surface area contributed by atoms with Crippen molar-refractivity contribution in [2.45, 2.75) is 26.3 Å². The molecule has 0 aliphatic heterocycles. The maximum atomic E-state index is 12.7. The third-order valence-corrected chi connectivity index (χ3v) is 5.27. The first-order valence-corrected chi connectivity index (χ1v) is 10.1. The number of H-pyrrole nitrogens is 1. The van der Waals surface area contributed by atoms with Gasteiger partial charge in [-0.2, -0.15) is 0 Å². The standard InChI is InChI=1S/C25H25N3O2/c1-17-9-8-14-23(18(17)2)30-16-24(29)26-22(15-19-10-4-3-5-11-19)25-27-20-12-6-7-13-21(20)28-25/h3-14,22H,15-16H2,1-2H3,(H,26,29)(H,27,28)/t22-/m0/s1. The number of hydrogen-bond acceptors (Lipinski definition) is 3. The molecule has 152 valence electrons. The number of carbonyl (C=O) groups is 1. The Hall–Kier alpha value is -3.60. The molecule has 3 aromatic carbocycles. The fourth-order valence-corrected chi connectivity index (χ4v) is 3.46. The molecule has 2 N–H and O–H groups in total. The topological polar surface area (TPSA) is 67.0 Å². The van der Waals surface area contributed by atoms with Crippen LogP contribution in [0.1, 0.15) is 28.6 Å². The first-order valence-electron chi connectivity index (χ1n) is 10.1. The van der Waals surface area contributed by atoms with Gasteiger partial charge in [0.15, 0.2) is 6.61 Å². The Labute approximate surface area is 176 Å². The van der Waals surface area contributed by atoms with Gasteiger partial charge in [0, 0.05) is 0 Å². The number of nitrogens with zero attached hydrogens (tertiary/aromatic N) is 1. The van der Waals surface area contributed by atoms with Crippen molar-refractivity contribution in [3.05, 3.63) is 95.3 Å². The van der Waals surface area contributed by atoms with Gasteiger partial charge in [-0.25, -0.2) is 4.98 Å². The van der Waals surface area contributed by atoms with Crippen LogP contribution in [0.5, 0.6) is 5.75 Å². The minimum Gasteiger partial charge on any atom is -0.483 e. The van der Waals surface area contributed by atoms with Gasteiger partial charge >= 0.3 is 0 Å². The van der Waals surface area contributed by atoms with E-state index in [0.29, 0.717) is 6.42 Å². The van der Waals surface area contributed by atoms with Crippen LogP contribution in [-0.2, 0) is 11.2 Å². The van der Waals surface area contributed by atoms with Gasteiger partial charge in [-0.1, -0.05) is 54.6 Å². The van der Waals surface area contributed by atoms with Gasteiger partial charge in [0.25, 0.3) is 5.91 Å². The first-order chi connectivity index (χ1) is 14.6. The van der Waals surface area contributed by atoms with Crippen molar-refractivity contribution in [2.24, 2.45) is 0 Å². The van der Waals surface area contributed by atoms with Gasteiger partial charge in [-0.05, 0) is 55.2 Å². The summed E-state index contributed by atoms with van der Waals surface area (Å²) in [5.41, 5.74) is 5.14. The summed E-state index contributed by atoms with van der Waals surface area (Å²) in [4.78, 5) is 20.8. The summed E-state index contributed by atoms with van der Waals surface area (Å²) in [7, 11) is 0. The minimum atomic E-state index is -0.283. The summed E-state index contributed by atoms with van der Waals surface area (Å²) in [6.07, 6.45) is 0.635. The maximum Gasteiger partial charge on any atom is 0.258 e. The minimum absolute atomic E-state index is 0.0458. The van der Waals surface area contributed by atoms with Crippen molar-refractivity contribution in [3.63, 3.8) is 0 Å². The number of imidazole rings is 1. The lowest BCUT2D eigenvalue weighted by atomic mass is 10.1. The molecule has 0 saturated heterocycles. The van der Waals surface area contributed by atoms with Crippen LogP contribution in [0.3, 0.4) is 0 Å². The summed E-state index contributed by atoms with van der Waals surface area (Å²) in [6, 6.07) is 23.5. The number of benzene rings is 3. The van der Waals surface area contributed by atoms with Crippen molar-refractivity contribution >= 4 is 16.9 Å². The van der Waals surface area contributed by atoms with E-state index in [4.69, 9.17) is 9.72 Å². The van der Waals surface area contributed by atoms with Crippen LogP contribution in [-0.4, -0.2) is 22.5 Å². The van der Waals surface area contributed by atoms with Gasteiger partial charge in [0.1, 0.15) is 11.6 Å². The molecule has 5 heteroatoms. The Morgan fingerprint density at radius 2 is 1.77 bits per heavy atom. The molecule has 1 aromatic heterocycles. The van der Waals surface area contributed by atoms with Gasteiger partial charge in [0.2, 0.25) is 0 Å². The fraction of sp³-hybridized carbons (Fsp3) is 0.200. The van der Waals surface area contributed by atoms with Crippen LogP contribution >= 0.6 is 0 Å². The number of aromatic amines is 1. The van der Waals surface area contributed by atoms with E-state index in [1.165, 1.54) is 0 Å². The molecule has 1 atom stereocenters. The molecule has 5 nitrogen and oxygen atoms in total. The summed E-state index contributed by atoms with van der Waals surface area (Å²) >= 11 is 0. The highest BCUT2D eigenvalue weighted by molar-refractivity contribution is 5.79. The zero-order valence-corrected chi connectivity index (χ0v) is 17.2. The van der Waals surface area contributed by atoms with Crippen LogP contribution in [0.2, 0.25) is 0 Å². The molecular formula is C25H25N3O2. The maximum absolute atomic E-state index is 12.7. The Morgan fingerprint density at radius 1 is 1.00 bits per heavy atom. The van der Waals surface area contributed by atoms with Crippen LogP contribution in [0.4, 0.5) is 0 Å². The zero-order valence-electron chi connectivity index (χ0n) is 17.2. The van der Waals surface area contributed by atoms with Gasteiger partial charge in [-0.15, -0.1) is 0 Å². The lowest BCUT2D eigenvalue weighted by Crippen LogP contribution is -2.34. The number of aryl methyl sites for hydroxylation is 1. The van der Waals surface area contributed by atoms with Crippen LogP contribution in [0, 0.1) is 13.8 Å². The monoisotopic (exact) mass is 399 g/mol. The van der Waals surface area contributed by atoms with Crippen molar-refractivity contribution in [1.82, 2.24) is 15.3 Å². The largest absolute Gasteiger partial charge is 0.483 e. The van der Waals surface area contributed by atoms with E-state index < -0.39 is 0 Å². The quantitative estimate of drug-likeness (QED) is 0.475. The van der Waals surface area contributed by atoms with Crippen molar-refractivity contribution in [1.29, 1.82) is 0 Å². The van der Waals surface area contributed by atoms with Gasteiger partial charge in [-0.3, -0.25) is 4.79 Å². The third-order valence-electron chi connectivity index (χ3n) is 5.27. The van der Waals surface area contributed by atoms with E-state index in [1.54, 1.807) is 0 Å². The number of aromatic nitrogens is 2. The van der Waals surface area contributed by atoms with Crippen LogP contribution in [0.25, 0.3) is 11.0 Å². The van der Waals surface area contributed by atoms with Crippen LogP contribution in [0.15, 0.2) is 72.8 Å². The highest BCUT2D eigenvalue weighted by Crippen LogP contribution is 2.22. The molecule has 0 radical (unpaired) electrons. The third kappa shape index (κ3) is 4.51. The SMILES string of the molecule is Cc1cccc(OCC(=O)N[C@@H](Cc2ccccc2)c2nc3ccccc3[nH]2)c1C. The zero-order chi connectivity index (χ0) is 20.9. The molecule has 0 saturated carbocycles. The Balaban J connectivity index is 1.51. The molecule has 0 aliphatic rings. The number of ether oxygens (including phenoxy) is 1. The predicted octanol–water partition coefficient (Wildman–Crippen LogP) is 4.66. The summed E-state index contributed by atoms with van der Waals surface area (Å²) in [5.74, 6) is 1.28. The average molecular weight is 399 g/mol. The Kier molecular flexibility index (Phi) is 5.80. The van der Waals surface area contributed by atoms with Gasteiger partial charge in [0.05, 0.1) is 17.1 Å². The first kappa shape index (κ1) is 19.7. The molecule has 0 bridgehead atoms. The normalized spacial score (nSPS) is 11.9. The highest BCUT2D eigenvalue weighted by Gasteiger charge is 2.19. The lowest BCUT2D eigenvalue weighted by molar-refractivity contribution is -0.123. The van der Waals surface area contributed by atoms with Gasteiger partial charge < -0.3 is 15.0 Å². The van der Waals surface area contributed by atoms with E-state index in [1.807, 2.05) is 74.5 Å². The number of carbonyl (C=O) groups excluding carboxylic acids is 1. The molecule has 0 spiro atoms. The number of amides is 1. The number of fused-ring (bicyclic) bond motifs is 1. The molecule has 1 amide bonds. The molecule has 0 unspecified atom stereocenters.